The van der Waals surface area contributed by atoms with Crippen molar-refractivity contribution in [1.29, 1.82) is 0 Å². The van der Waals surface area contributed by atoms with Crippen molar-refractivity contribution < 1.29 is 14.3 Å². The molecule has 1 saturated heterocycles. The molecule has 1 aliphatic rings. The van der Waals surface area contributed by atoms with Crippen LogP contribution < -0.4 is 0 Å². The van der Waals surface area contributed by atoms with E-state index in [9.17, 15) is 4.79 Å². The number of carbonyl (C=O) groups is 1. The van der Waals surface area contributed by atoms with E-state index in [2.05, 4.69) is 0 Å². The van der Waals surface area contributed by atoms with Gasteiger partial charge < -0.3 is 9.47 Å². The first-order chi connectivity index (χ1) is 7.33. The van der Waals surface area contributed by atoms with Crippen molar-refractivity contribution in [3.05, 3.63) is 35.9 Å². The van der Waals surface area contributed by atoms with Gasteiger partial charge in [0, 0.05) is 6.61 Å². The molecule has 2 atom stereocenters. The van der Waals surface area contributed by atoms with Gasteiger partial charge in [-0.15, -0.1) is 0 Å². The number of esters is 1. The summed E-state index contributed by atoms with van der Waals surface area (Å²) in [5.41, 5.74) is 1.05. The second-order valence-corrected chi connectivity index (χ2v) is 3.62. The van der Waals surface area contributed by atoms with E-state index in [0.717, 1.165) is 12.0 Å². The van der Waals surface area contributed by atoms with E-state index in [0.29, 0.717) is 6.61 Å². The van der Waals surface area contributed by atoms with E-state index in [1.807, 2.05) is 30.3 Å². The highest BCUT2D eigenvalue weighted by atomic mass is 16.5. The Morgan fingerprint density at radius 2 is 2.13 bits per heavy atom. The lowest BCUT2D eigenvalue weighted by molar-refractivity contribution is -0.147. The average molecular weight is 206 g/mol. The second-order valence-electron chi connectivity index (χ2n) is 3.62. The normalized spacial score (nSPS) is 25.1. The number of hydrogen-bond donors (Lipinski definition) is 0. The largest absolute Gasteiger partial charge is 0.469 e. The minimum absolute atomic E-state index is 0.140. The number of hydrogen-bond acceptors (Lipinski definition) is 3. The third-order valence-corrected chi connectivity index (χ3v) is 2.72. The Morgan fingerprint density at radius 1 is 1.40 bits per heavy atom. The second kappa shape index (κ2) is 4.45. The van der Waals surface area contributed by atoms with Crippen molar-refractivity contribution in [1.82, 2.24) is 0 Å². The first-order valence-electron chi connectivity index (χ1n) is 5.07. The van der Waals surface area contributed by atoms with E-state index < -0.39 is 0 Å². The van der Waals surface area contributed by atoms with Crippen LogP contribution >= 0.6 is 0 Å². The Morgan fingerprint density at radius 3 is 2.80 bits per heavy atom. The first kappa shape index (κ1) is 10.2. The fourth-order valence-electron chi connectivity index (χ4n) is 1.95. The highest BCUT2D eigenvalue weighted by Gasteiger charge is 2.35. The fourth-order valence-corrected chi connectivity index (χ4v) is 1.95. The third kappa shape index (κ3) is 2.02. The van der Waals surface area contributed by atoms with Gasteiger partial charge in [0.25, 0.3) is 0 Å². The molecule has 1 heterocycles. The van der Waals surface area contributed by atoms with Crippen LogP contribution in [0.15, 0.2) is 30.3 Å². The average Bonchev–Trinajstić information content (AvgIpc) is 2.78. The van der Waals surface area contributed by atoms with Gasteiger partial charge in [-0.05, 0) is 12.0 Å². The topological polar surface area (TPSA) is 35.5 Å². The molecule has 3 heteroatoms. The molecule has 80 valence electrons. The maximum absolute atomic E-state index is 11.5. The zero-order valence-corrected chi connectivity index (χ0v) is 8.68. The fraction of sp³-hybridized carbons (Fsp3) is 0.417. The Labute approximate surface area is 89.0 Å². The third-order valence-electron chi connectivity index (χ3n) is 2.72. The first-order valence-corrected chi connectivity index (χ1v) is 5.07. The predicted molar refractivity (Wildman–Crippen MR) is 55.3 cm³/mol. The van der Waals surface area contributed by atoms with E-state index in [1.165, 1.54) is 7.11 Å². The van der Waals surface area contributed by atoms with E-state index in [1.54, 1.807) is 0 Å². The van der Waals surface area contributed by atoms with Crippen LogP contribution in [-0.2, 0) is 14.3 Å². The summed E-state index contributed by atoms with van der Waals surface area (Å²) in [5, 5.41) is 0. The molecule has 0 unspecified atom stereocenters. The zero-order chi connectivity index (χ0) is 10.7. The minimum atomic E-state index is -0.179. The molecule has 1 aliphatic heterocycles. The quantitative estimate of drug-likeness (QED) is 0.694. The van der Waals surface area contributed by atoms with Gasteiger partial charge in [0.05, 0.1) is 19.1 Å². The predicted octanol–water partition coefficient (Wildman–Crippen LogP) is 1.94. The van der Waals surface area contributed by atoms with Gasteiger partial charge in [0.2, 0.25) is 0 Å². The summed E-state index contributed by atoms with van der Waals surface area (Å²) < 4.78 is 10.3. The molecule has 0 bridgehead atoms. The number of benzene rings is 1. The van der Waals surface area contributed by atoms with Crippen LogP contribution in [0, 0.1) is 5.92 Å². The lowest BCUT2D eigenvalue weighted by Crippen LogP contribution is -2.19. The summed E-state index contributed by atoms with van der Waals surface area (Å²) in [6.07, 6.45) is 0.602. The Balaban J connectivity index is 2.18. The van der Waals surface area contributed by atoms with Gasteiger partial charge in [-0.1, -0.05) is 30.3 Å². The van der Waals surface area contributed by atoms with Crippen LogP contribution in [0.4, 0.5) is 0 Å². The van der Waals surface area contributed by atoms with Crippen molar-refractivity contribution in [2.24, 2.45) is 5.92 Å². The highest BCUT2D eigenvalue weighted by Crippen LogP contribution is 2.34. The van der Waals surface area contributed by atoms with Gasteiger partial charge in [-0.2, -0.15) is 0 Å². The molecule has 0 spiro atoms. The molecule has 0 aliphatic carbocycles. The van der Waals surface area contributed by atoms with E-state index >= 15 is 0 Å². The Kier molecular flexibility index (Phi) is 3.02. The van der Waals surface area contributed by atoms with Gasteiger partial charge in [0.1, 0.15) is 0 Å². The van der Waals surface area contributed by atoms with Crippen molar-refractivity contribution in [3.8, 4) is 0 Å². The van der Waals surface area contributed by atoms with Crippen molar-refractivity contribution >= 4 is 5.97 Å². The summed E-state index contributed by atoms with van der Waals surface area (Å²) in [4.78, 5) is 11.5. The molecule has 0 saturated carbocycles. The van der Waals surface area contributed by atoms with Crippen molar-refractivity contribution in [2.45, 2.75) is 12.5 Å². The molecule has 0 aromatic heterocycles. The summed E-state index contributed by atoms with van der Waals surface area (Å²) in [7, 11) is 1.42. The molecule has 2 rings (SSSR count). The molecule has 1 aromatic rings. The molecule has 15 heavy (non-hydrogen) atoms. The number of carbonyl (C=O) groups excluding carboxylic acids is 1. The standard InChI is InChI=1S/C12H14O3/c1-14-12(13)10-7-8-15-11(10)9-5-3-2-4-6-9/h2-6,10-11H,7-8H2,1H3/t10-,11-/m1/s1. The number of methoxy groups -OCH3 is 1. The lowest BCUT2D eigenvalue weighted by atomic mass is 9.95. The molecule has 1 aromatic carbocycles. The molecule has 3 nitrogen and oxygen atoms in total. The molecule has 0 amide bonds. The van der Waals surface area contributed by atoms with Crippen LogP contribution in [0.25, 0.3) is 0 Å². The SMILES string of the molecule is COC(=O)[C@@H]1CCO[C@@H]1c1ccccc1. The van der Waals surface area contributed by atoms with Crippen LogP contribution in [0.3, 0.4) is 0 Å². The van der Waals surface area contributed by atoms with E-state index in [4.69, 9.17) is 9.47 Å². The molecular formula is C12H14O3. The minimum Gasteiger partial charge on any atom is -0.469 e. The Hall–Kier alpha value is -1.35. The van der Waals surface area contributed by atoms with Gasteiger partial charge in [0.15, 0.2) is 0 Å². The molecule has 1 fully saturated rings. The smallest absolute Gasteiger partial charge is 0.311 e. The summed E-state index contributed by atoms with van der Waals surface area (Å²) >= 11 is 0. The highest BCUT2D eigenvalue weighted by molar-refractivity contribution is 5.73. The van der Waals surface area contributed by atoms with Crippen LogP contribution in [0.1, 0.15) is 18.1 Å². The van der Waals surface area contributed by atoms with Gasteiger partial charge in [-0.25, -0.2) is 0 Å². The van der Waals surface area contributed by atoms with Crippen LogP contribution in [0.2, 0.25) is 0 Å². The molecular weight excluding hydrogens is 192 g/mol. The van der Waals surface area contributed by atoms with Crippen molar-refractivity contribution in [2.75, 3.05) is 13.7 Å². The van der Waals surface area contributed by atoms with Crippen molar-refractivity contribution in [3.63, 3.8) is 0 Å². The number of rotatable bonds is 2. The Bertz CT molecular complexity index is 334. The van der Waals surface area contributed by atoms with Gasteiger partial charge >= 0.3 is 5.97 Å². The monoisotopic (exact) mass is 206 g/mol. The summed E-state index contributed by atoms with van der Waals surface area (Å²) in [6, 6.07) is 9.81. The number of ether oxygens (including phenoxy) is 2. The molecule has 0 radical (unpaired) electrons. The maximum Gasteiger partial charge on any atom is 0.311 e. The maximum atomic E-state index is 11.5. The molecule has 0 N–H and O–H groups in total. The summed E-state index contributed by atoms with van der Waals surface area (Å²) in [6.45, 7) is 0.624. The van der Waals surface area contributed by atoms with Crippen LogP contribution in [-0.4, -0.2) is 19.7 Å². The van der Waals surface area contributed by atoms with Gasteiger partial charge in [-0.3, -0.25) is 4.79 Å². The van der Waals surface area contributed by atoms with Crippen LogP contribution in [0.5, 0.6) is 0 Å². The summed E-state index contributed by atoms with van der Waals surface area (Å²) in [5.74, 6) is -0.334. The lowest BCUT2D eigenvalue weighted by Gasteiger charge is -2.16. The zero-order valence-electron chi connectivity index (χ0n) is 8.68. The van der Waals surface area contributed by atoms with E-state index in [-0.39, 0.29) is 18.0 Å².